The van der Waals surface area contributed by atoms with E-state index in [1.807, 2.05) is 0 Å². The topological polar surface area (TPSA) is 81.7 Å². The highest BCUT2D eigenvalue weighted by atomic mass is 32.2. The van der Waals surface area contributed by atoms with Crippen molar-refractivity contribution >= 4 is 15.7 Å². The quantitative estimate of drug-likeness (QED) is 0.850. The Morgan fingerprint density at radius 3 is 2.80 bits per heavy atom. The molecule has 1 amide bonds. The van der Waals surface area contributed by atoms with Crippen molar-refractivity contribution in [1.29, 1.82) is 0 Å². The molecule has 1 saturated heterocycles. The second kappa shape index (κ2) is 6.13. The summed E-state index contributed by atoms with van der Waals surface area (Å²) in [5, 5.41) is 2.66. The molecule has 0 aromatic heterocycles. The first-order valence-electron chi connectivity index (χ1n) is 6.25. The second-order valence-electron chi connectivity index (χ2n) is 4.64. The summed E-state index contributed by atoms with van der Waals surface area (Å²) < 4.78 is 32.9. The molecule has 1 fully saturated rings. The van der Waals surface area contributed by atoms with E-state index in [-0.39, 0.29) is 30.1 Å². The lowest BCUT2D eigenvalue weighted by atomic mass is 10.2. The molecular formula is C13H17NO5S. The Hall–Kier alpha value is -1.76. The fourth-order valence-corrected chi connectivity index (χ4v) is 3.69. The van der Waals surface area contributed by atoms with E-state index in [1.165, 1.54) is 0 Å². The predicted octanol–water partition coefficient (Wildman–Crippen LogP) is 0.377. The fourth-order valence-electron chi connectivity index (χ4n) is 2.02. The lowest BCUT2D eigenvalue weighted by molar-refractivity contribution is -0.123. The van der Waals surface area contributed by atoms with E-state index in [9.17, 15) is 13.2 Å². The Morgan fingerprint density at radius 1 is 1.40 bits per heavy atom. The molecule has 1 atom stereocenters. The first-order chi connectivity index (χ1) is 9.48. The summed E-state index contributed by atoms with van der Waals surface area (Å²) in [6.45, 7) is -0.149. The molecule has 1 aliphatic heterocycles. The number of carbonyl (C=O) groups is 1. The molecule has 6 nitrogen and oxygen atoms in total. The zero-order valence-corrected chi connectivity index (χ0v) is 12.0. The van der Waals surface area contributed by atoms with Gasteiger partial charge in [-0.05, 0) is 18.6 Å². The molecule has 2 rings (SSSR count). The van der Waals surface area contributed by atoms with Gasteiger partial charge in [0.1, 0.15) is 11.5 Å². The third-order valence-corrected chi connectivity index (χ3v) is 4.78. The van der Waals surface area contributed by atoms with Gasteiger partial charge in [0.15, 0.2) is 16.4 Å². The summed E-state index contributed by atoms with van der Waals surface area (Å²) in [7, 11) is -1.44. The van der Waals surface area contributed by atoms with Gasteiger partial charge in [-0.3, -0.25) is 4.79 Å². The number of sulfone groups is 1. The van der Waals surface area contributed by atoms with Gasteiger partial charge < -0.3 is 14.8 Å². The minimum Gasteiger partial charge on any atom is -0.497 e. The highest BCUT2D eigenvalue weighted by molar-refractivity contribution is 7.91. The van der Waals surface area contributed by atoms with Crippen molar-refractivity contribution < 1.29 is 22.7 Å². The SMILES string of the molecule is COc1cccc(OCC(=O)N[C@H]2CCS(=O)(=O)C2)c1. The molecule has 0 aliphatic carbocycles. The monoisotopic (exact) mass is 299 g/mol. The van der Waals surface area contributed by atoms with Gasteiger partial charge in [0.05, 0.1) is 18.6 Å². The summed E-state index contributed by atoms with van der Waals surface area (Å²) >= 11 is 0. The number of hydrogen-bond acceptors (Lipinski definition) is 5. The van der Waals surface area contributed by atoms with Crippen LogP contribution in [0.15, 0.2) is 24.3 Å². The molecular weight excluding hydrogens is 282 g/mol. The molecule has 0 radical (unpaired) electrons. The Morgan fingerprint density at radius 2 is 2.15 bits per heavy atom. The van der Waals surface area contributed by atoms with Crippen LogP contribution in [0.3, 0.4) is 0 Å². The molecule has 1 heterocycles. The summed E-state index contributed by atoms with van der Waals surface area (Å²) in [4.78, 5) is 11.7. The van der Waals surface area contributed by atoms with Gasteiger partial charge >= 0.3 is 0 Å². The van der Waals surface area contributed by atoms with Gasteiger partial charge in [-0.1, -0.05) is 6.07 Å². The van der Waals surface area contributed by atoms with E-state index >= 15 is 0 Å². The number of carbonyl (C=O) groups excluding carboxylic acids is 1. The van der Waals surface area contributed by atoms with Crippen molar-refractivity contribution in [3.63, 3.8) is 0 Å². The number of rotatable bonds is 5. The molecule has 7 heteroatoms. The molecule has 0 unspecified atom stereocenters. The number of benzene rings is 1. The number of nitrogens with one attached hydrogen (secondary N) is 1. The van der Waals surface area contributed by atoms with Crippen LogP contribution in [0.1, 0.15) is 6.42 Å². The zero-order valence-electron chi connectivity index (χ0n) is 11.2. The van der Waals surface area contributed by atoms with Crippen molar-refractivity contribution in [1.82, 2.24) is 5.32 Å². The Bertz CT molecular complexity index is 584. The van der Waals surface area contributed by atoms with E-state index in [1.54, 1.807) is 31.4 Å². The first kappa shape index (κ1) is 14.6. The van der Waals surface area contributed by atoms with Crippen LogP contribution in [-0.2, 0) is 14.6 Å². The summed E-state index contributed by atoms with van der Waals surface area (Å²) in [5.74, 6) is 0.991. The Balaban J connectivity index is 1.80. The highest BCUT2D eigenvalue weighted by Gasteiger charge is 2.28. The normalized spacial score (nSPS) is 20.4. The Kier molecular flexibility index (Phi) is 4.49. The van der Waals surface area contributed by atoms with Crippen molar-refractivity contribution in [2.45, 2.75) is 12.5 Å². The molecule has 1 aromatic carbocycles. The maximum atomic E-state index is 11.7. The van der Waals surface area contributed by atoms with Crippen LogP contribution in [0.5, 0.6) is 11.5 Å². The fraction of sp³-hybridized carbons (Fsp3) is 0.462. The molecule has 20 heavy (non-hydrogen) atoms. The van der Waals surface area contributed by atoms with Crippen LogP contribution in [0, 0.1) is 0 Å². The Labute approximate surface area is 118 Å². The van der Waals surface area contributed by atoms with Gasteiger partial charge in [-0.25, -0.2) is 8.42 Å². The van der Waals surface area contributed by atoms with Crippen LogP contribution >= 0.6 is 0 Å². The molecule has 1 aromatic rings. The maximum absolute atomic E-state index is 11.7. The molecule has 0 saturated carbocycles. The van der Waals surface area contributed by atoms with Gasteiger partial charge in [0.25, 0.3) is 5.91 Å². The largest absolute Gasteiger partial charge is 0.497 e. The van der Waals surface area contributed by atoms with Crippen LogP contribution in [0.4, 0.5) is 0 Å². The minimum atomic E-state index is -2.99. The first-order valence-corrected chi connectivity index (χ1v) is 8.07. The van der Waals surface area contributed by atoms with E-state index in [2.05, 4.69) is 5.32 Å². The van der Waals surface area contributed by atoms with Gasteiger partial charge in [0, 0.05) is 12.1 Å². The highest BCUT2D eigenvalue weighted by Crippen LogP contribution is 2.18. The van der Waals surface area contributed by atoms with Crippen molar-refractivity contribution in [2.75, 3.05) is 25.2 Å². The van der Waals surface area contributed by atoms with E-state index < -0.39 is 9.84 Å². The predicted molar refractivity (Wildman–Crippen MR) is 73.7 cm³/mol. The van der Waals surface area contributed by atoms with Gasteiger partial charge in [0.2, 0.25) is 0 Å². The molecule has 110 valence electrons. The minimum absolute atomic E-state index is 0.0118. The summed E-state index contributed by atoms with van der Waals surface area (Å²) in [5.41, 5.74) is 0. The second-order valence-corrected chi connectivity index (χ2v) is 6.86. The molecule has 0 spiro atoms. The molecule has 1 N–H and O–H groups in total. The van der Waals surface area contributed by atoms with Crippen molar-refractivity contribution in [3.05, 3.63) is 24.3 Å². The standard InChI is InChI=1S/C13H17NO5S/c1-18-11-3-2-4-12(7-11)19-8-13(15)14-10-5-6-20(16,17)9-10/h2-4,7,10H,5-6,8-9H2,1H3,(H,14,15)/t10-/m0/s1. The summed E-state index contributed by atoms with van der Waals surface area (Å²) in [6, 6.07) is 6.62. The third-order valence-electron chi connectivity index (χ3n) is 3.01. The number of hydrogen-bond donors (Lipinski definition) is 1. The van der Waals surface area contributed by atoms with Crippen LogP contribution in [0.25, 0.3) is 0 Å². The van der Waals surface area contributed by atoms with Crippen LogP contribution in [-0.4, -0.2) is 45.6 Å². The lowest BCUT2D eigenvalue weighted by Gasteiger charge is -2.12. The van der Waals surface area contributed by atoms with Crippen molar-refractivity contribution in [2.24, 2.45) is 0 Å². The van der Waals surface area contributed by atoms with Gasteiger partial charge in [-0.15, -0.1) is 0 Å². The number of amides is 1. The number of methoxy groups -OCH3 is 1. The maximum Gasteiger partial charge on any atom is 0.258 e. The summed E-state index contributed by atoms with van der Waals surface area (Å²) in [6.07, 6.45) is 0.466. The molecule has 1 aliphatic rings. The average Bonchev–Trinajstić information content (AvgIpc) is 2.76. The van der Waals surface area contributed by atoms with E-state index in [4.69, 9.17) is 9.47 Å². The number of ether oxygens (including phenoxy) is 2. The smallest absolute Gasteiger partial charge is 0.258 e. The van der Waals surface area contributed by atoms with E-state index in [0.717, 1.165) is 0 Å². The zero-order chi connectivity index (χ0) is 14.6. The van der Waals surface area contributed by atoms with Crippen LogP contribution < -0.4 is 14.8 Å². The van der Waals surface area contributed by atoms with E-state index in [0.29, 0.717) is 17.9 Å². The van der Waals surface area contributed by atoms with Crippen LogP contribution in [0.2, 0.25) is 0 Å². The van der Waals surface area contributed by atoms with Crippen molar-refractivity contribution in [3.8, 4) is 11.5 Å². The molecule has 0 bridgehead atoms. The third kappa shape index (κ3) is 4.12. The average molecular weight is 299 g/mol. The lowest BCUT2D eigenvalue weighted by Crippen LogP contribution is -2.38. The van der Waals surface area contributed by atoms with Gasteiger partial charge in [-0.2, -0.15) is 0 Å².